The van der Waals surface area contributed by atoms with Gasteiger partial charge in [-0.1, -0.05) is 24.3 Å². The van der Waals surface area contributed by atoms with E-state index in [-0.39, 0.29) is 11.3 Å². The lowest BCUT2D eigenvalue weighted by Gasteiger charge is -2.10. The number of methoxy groups -OCH3 is 1. The standard InChI is InChI=1S/C19H16N2O4/c1-12-16(11-13-7-9-14(25-2)10-8-13)19(24)21(20-12)18(23)15-5-3-4-6-17(15)22/h3-11,22H,1-2H3/b16-11-. The van der Waals surface area contributed by atoms with Crippen molar-refractivity contribution in [1.82, 2.24) is 5.01 Å². The average Bonchev–Trinajstić information content (AvgIpc) is 2.90. The number of hydrogen-bond donors (Lipinski definition) is 1. The molecular formula is C19H16N2O4. The van der Waals surface area contributed by atoms with Crippen LogP contribution in [0.2, 0.25) is 0 Å². The highest BCUT2D eigenvalue weighted by Crippen LogP contribution is 2.24. The highest BCUT2D eigenvalue weighted by molar-refractivity contribution is 6.30. The molecule has 0 fully saturated rings. The van der Waals surface area contributed by atoms with Gasteiger partial charge >= 0.3 is 0 Å². The summed E-state index contributed by atoms with van der Waals surface area (Å²) >= 11 is 0. The van der Waals surface area contributed by atoms with Crippen molar-refractivity contribution in [2.24, 2.45) is 5.10 Å². The number of rotatable bonds is 3. The van der Waals surface area contributed by atoms with E-state index in [1.807, 2.05) is 0 Å². The Labute approximate surface area is 144 Å². The lowest BCUT2D eigenvalue weighted by Crippen LogP contribution is -2.29. The van der Waals surface area contributed by atoms with Gasteiger partial charge in [0.2, 0.25) is 0 Å². The van der Waals surface area contributed by atoms with E-state index in [9.17, 15) is 14.7 Å². The number of phenols is 1. The second-order valence-corrected chi connectivity index (χ2v) is 5.46. The highest BCUT2D eigenvalue weighted by atomic mass is 16.5. The first-order valence-electron chi connectivity index (χ1n) is 7.59. The van der Waals surface area contributed by atoms with Crippen LogP contribution in [0.5, 0.6) is 11.5 Å². The van der Waals surface area contributed by atoms with E-state index in [2.05, 4.69) is 5.10 Å². The van der Waals surface area contributed by atoms with E-state index in [0.717, 1.165) is 10.6 Å². The van der Waals surface area contributed by atoms with Gasteiger partial charge in [-0.25, -0.2) is 0 Å². The van der Waals surface area contributed by atoms with Crippen LogP contribution in [0.1, 0.15) is 22.8 Å². The van der Waals surface area contributed by atoms with Crippen LogP contribution in [0.15, 0.2) is 59.2 Å². The third-order valence-electron chi connectivity index (χ3n) is 3.82. The number of phenolic OH excluding ortho intramolecular Hbond substituents is 1. The predicted molar refractivity (Wildman–Crippen MR) is 93.4 cm³/mol. The normalized spacial score (nSPS) is 15.4. The van der Waals surface area contributed by atoms with Crippen LogP contribution >= 0.6 is 0 Å². The second kappa shape index (κ2) is 6.60. The minimum Gasteiger partial charge on any atom is -0.507 e. The number of amides is 2. The maximum Gasteiger partial charge on any atom is 0.285 e. The number of carbonyl (C=O) groups excluding carboxylic acids is 2. The topological polar surface area (TPSA) is 79.2 Å². The fourth-order valence-corrected chi connectivity index (χ4v) is 2.46. The van der Waals surface area contributed by atoms with E-state index in [4.69, 9.17) is 4.74 Å². The van der Waals surface area contributed by atoms with Crippen molar-refractivity contribution in [3.63, 3.8) is 0 Å². The van der Waals surface area contributed by atoms with Crippen LogP contribution in [-0.2, 0) is 4.79 Å². The van der Waals surface area contributed by atoms with Crippen LogP contribution in [0.4, 0.5) is 0 Å². The molecule has 126 valence electrons. The number of imide groups is 1. The molecule has 2 aromatic carbocycles. The van der Waals surface area contributed by atoms with Gasteiger partial charge in [-0.05, 0) is 42.8 Å². The van der Waals surface area contributed by atoms with Gasteiger partial charge in [-0.15, -0.1) is 0 Å². The number of hydrogen-bond acceptors (Lipinski definition) is 5. The van der Waals surface area contributed by atoms with Crippen LogP contribution < -0.4 is 4.74 Å². The molecule has 3 rings (SSSR count). The molecule has 1 aliphatic heterocycles. The third-order valence-corrected chi connectivity index (χ3v) is 3.82. The van der Waals surface area contributed by atoms with Crippen LogP contribution in [0.25, 0.3) is 6.08 Å². The minimum atomic E-state index is -0.666. The molecule has 0 atom stereocenters. The fraction of sp³-hybridized carbons (Fsp3) is 0.105. The zero-order valence-corrected chi connectivity index (χ0v) is 13.8. The van der Waals surface area contributed by atoms with Gasteiger partial charge in [0, 0.05) is 0 Å². The van der Waals surface area contributed by atoms with Gasteiger partial charge in [0.1, 0.15) is 11.5 Å². The summed E-state index contributed by atoms with van der Waals surface area (Å²) in [4.78, 5) is 25.1. The first kappa shape index (κ1) is 16.4. The molecule has 0 radical (unpaired) electrons. The number of nitrogens with zero attached hydrogens (tertiary/aromatic N) is 2. The van der Waals surface area contributed by atoms with Crippen molar-refractivity contribution in [1.29, 1.82) is 0 Å². The van der Waals surface area contributed by atoms with E-state index in [0.29, 0.717) is 17.0 Å². The summed E-state index contributed by atoms with van der Waals surface area (Å²) in [6.45, 7) is 1.66. The van der Waals surface area contributed by atoms with Gasteiger partial charge in [0.25, 0.3) is 11.8 Å². The lowest BCUT2D eigenvalue weighted by molar-refractivity contribution is -0.123. The molecule has 1 heterocycles. The third kappa shape index (κ3) is 3.14. The first-order chi connectivity index (χ1) is 12.0. The summed E-state index contributed by atoms with van der Waals surface area (Å²) in [6.07, 6.45) is 1.67. The smallest absolute Gasteiger partial charge is 0.285 e. The van der Waals surface area contributed by atoms with E-state index >= 15 is 0 Å². The number of ether oxygens (including phenoxy) is 1. The van der Waals surface area contributed by atoms with E-state index < -0.39 is 11.8 Å². The van der Waals surface area contributed by atoms with Crippen molar-refractivity contribution in [3.05, 3.63) is 65.2 Å². The average molecular weight is 336 g/mol. The predicted octanol–water partition coefficient (Wildman–Crippen LogP) is 2.84. The molecule has 0 bridgehead atoms. The van der Waals surface area contributed by atoms with Crippen molar-refractivity contribution in [3.8, 4) is 11.5 Å². The molecule has 0 aliphatic carbocycles. The quantitative estimate of drug-likeness (QED) is 0.690. The maximum absolute atomic E-state index is 12.6. The molecule has 2 amide bonds. The van der Waals surface area contributed by atoms with Crippen LogP contribution in [0.3, 0.4) is 0 Å². The van der Waals surface area contributed by atoms with Crippen LogP contribution in [-0.4, -0.2) is 34.8 Å². The zero-order chi connectivity index (χ0) is 18.0. The Bertz CT molecular complexity index is 898. The van der Waals surface area contributed by atoms with Crippen molar-refractivity contribution in [2.45, 2.75) is 6.92 Å². The maximum atomic E-state index is 12.6. The summed E-state index contributed by atoms with van der Waals surface area (Å²) in [6, 6.07) is 13.2. The summed E-state index contributed by atoms with van der Waals surface area (Å²) in [5.74, 6) is -0.676. The zero-order valence-electron chi connectivity index (χ0n) is 13.8. The molecule has 6 heteroatoms. The van der Waals surface area contributed by atoms with Gasteiger partial charge in [0.05, 0.1) is 24.0 Å². The van der Waals surface area contributed by atoms with Gasteiger partial charge in [-0.3, -0.25) is 9.59 Å². The highest BCUT2D eigenvalue weighted by Gasteiger charge is 2.33. The summed E-state index contributed by atoms with van der Waals surface area (Å²) < 4.78 is 5.10. The molecule has 0 spiro atoms. The summed E-state index contributed by atoms with van der Waals surface area (Å²) in [5, 5.41) is 14.6. The first-order valence-corrected chi connectivity index (χ1v) is 7.59. The van der Waals surface area contributed by atoms with E-state index in [1.54, 1.807) is 56.5 Å². The molecule has 6 nitrogen and oxygen atoms in total. The van der Waals surface area contributed by atoms with Gasteiger partial charge in [0.15, 0.2) is 0 Å². The van der Waals surface area contributed by atoms with Crippen molar-refractivity contribution >= 4 is 23.6 Å². The molecule has 0 saturated carbocycles. The Morgan fingerprint density at radius 2 is 1.84 bits per heavy atom. The van der Waals surface area contributed by atoms with Crippen LogP contribution in [0, 0.1) is 0 Å². The molecule has 1 aliphatic rings. The molecule has 2 aromatic rings. The molecule has 1 N–H and O–H groups in total. The number of hydrazone groups is 1. The van der Waals surface area contributed by atoms with Gasteiger partial charge < -0.3 is 9.84 Å². The Kier molecular flexibility index (Phi) is 4.35. The largest absolute Gasteiger partial charge is 0.507 e. The Hall–Kier alpha value is -3.41. The van der Waals surface area contributed by atoms with Gasteiger partial charge in [-0.2, -0.15) is 10.1 Å². The Balaban J connectivity index is 1.89. The molecule has 25 heavy (non-hydrogen) atoms. The number of carbonyl (C=O) groups is 2. The Morgan fingerprint density at radius 3 is 2.48 bits per heavy atom. The molecule has 0 saturated heterocycles. The number of aromatic hydroxyl groups is 1. The van der Waals surface area contributed by atoms with Crippen molar-refractivity contribution < 1.29 is 19.4 Å². The Morgan fingerprint density at radius 1 is 1.16 bits per heavy atom. The summed E-state index contributed by atoms with van der Waals surface area (Å²) in [5.41, 5.74) is 1.58. The molecule has 0 aromatic heterocycles. The second-order valence-electron chi connectivity index (χ2n) is 5.46. The lowest BCUT2D eigenvalue weighted by atomic mass is 10.1. The van der Waals surface area contributed by atoms with E-state index in [1.165, 1.54) is 12.1 Å². The number of para-hydroxylation sites is 1. The molecular weight excluding hydrogens is 320 g/mol. The monoisotopic (exact) mass is 336 g/mol. The SMILES string of the molecule is COc1ccc(/C=C2\C(=O)N(C(=O)c3ccccc3O)N=C2C)cc1. The summed E-state index contributed by atoms with van der Waals surface area (Å²) in [7, 11) is 1.58. The number of benzene rings is 2. The fourth-order valence-electron chi connectivity index (χ4n) is 2.46. The van der Waals surface area contributed by atoms with Crippen molar-refractivity contribution in [2.75, 3.05) is 7.11 Å². The molecule has 0 unspecified atom stereocenters. The minimum absolute atomic E-state index is 0.0260.